The molecule has 0 spiro atoms. The van der Waals surface area contributed by atoms with Crippen molar-refractivity contribution < 1.29 is 9.59 Å². The summed E-state index contributed by atoms with van der Waals surface area (Å²) in [5.41, 5.74) is -0.162. The molecule has 0 aliphatic carbocycles. The van der Waals surface area contributed by atoms with Crippen LogP contribution in [-0.2, 0) is 9.59 Å². The number of likely N-dealkylation sites (tertiary alicyclic amines) is 1. The highest BCUT2D eigenvalue weighted by Crippen LogP contribution is 2.26. The van der Waals surface area contributed by atoms with Crippen molar-refractivity contribution in [1.29, 1.82) is 0 Å². The molecule has 4 heteroatoms. The highest BCUT2D eigenvalue weighted by atomic mass is 16.2. The molecule has 2 saturated heterocycles. The average molecular weight is 266 g/mol. The van der Waals surface area contributed by atoms with Crippen LogP contribution in [0.3, 0.4) is 0 Å². The fraction of sp³-hybridized carbons (Fsp3) is 0.867. The molecule has 2 atom stereocenters. The van der Waals surface area contributed by atoms with E-state index >= 15 is 0 Å². The van der Waals surface area contributed by atoms with Gasteiger partial charge in [0.2, 0.25) is 11.8 Å². The van der Waals surface area contributed by atoms with E-state index in [1.807, 2.05) is 0 Å². The van der Waals surface area contributed by atoms with Crippen LogP contribution >= 0.6 is 0 Å². The third-order valence-electron chi connectivity index (χ3n) is 4.65. The monoisotopic (exact) mass is 266 g/mol. The minimum Gasteiger partial charge on any atom is -0.351 e. The minimum atomic E-state index is -0.162. The van der Waals surface area contributed by atoms with Crippen molar-refractivity contribution in [2.45, 2.75) is 76.8 Å². The van der Waals surface area contributed by atoms with Gasteiger partial charge in [-0.2, -0.15) is 0 Å². The number of nitrogens with one attached hydrogen (secondary N) is 1. The van der Waals surface area contributed by atoms with E-state index in [-0.39, 0.29) is 17.4 Å². The predicted molar refractivity (Wildman–Crippen MR) is 74.7 cm³/mol. The van der Waals surface area contributed by atoms with E-state index in [1.54, 1.807) is 0 Å². The van der Waals surface area contributed by atoms with E-state index in [9.17, 15) is 9.59 Å². The molecule has 0 aromatic heterocycles. The Hall–Kier alpha value is -1.06. The molecular weight excluding hydrogens is 240 g/mol. The Kier molecular flexibility index (Phi) is 4.48. The number of carbonyl (C=O) groups is 2. The van der Waals surface area contributed by atoms with Gasteiger partial charge in [-0.25, -0.2) is 0 Å². The molecule has 2 amide bonds. The van der Waals surface area contributed by atoms with Gasteiger partial charge in [0, 0.05) is 31.0 Å². The van der Waals surface area contributed by atoms with Crippen molar-refractivity contribution in [2.24, 2.45) is 0 Å². The molecular formula is C15H26N2O2. The van der Waals surface area contributed by atoms with Gasteiger partial charge >= 0.3 is 0 Å². The minimum absolute atomic E-state index is 0.124. The fourth-order valence-electron chi connectivity index (χ4n) is 3.32. The Morgan fingerprint density at radius 2 is 2.26 bits per heavy atom. The molecule has 1 N–H and O–H groups in total. The first-order valence-electron chi connectivity index (χ1n) is 7.64. The smallest absolute Gasteiger partial charge is 0.222 e. The van der Waals surface area contributed by atoms with Gasteiger partial charge < -0.3 is 10.2 Å². The van der Waals surface area contributed by atoms with Crippen LogP contribution in [0, 0.1) is 0 Å². The maximum atomic E-state index is 12.4. The Morgan fingerprint density at radius 3 is 2.89 bits per heavy atom. The molecule has 2 aliphatic rings. The van der Waals surface area contributed by atoms with E-state index in [0.717, 1.165) is 38.6 Å². The molecule has 108 valence electrons. The zero-order valence-corrected chi connectivity index (χ0v) is 12.2. The first kappa shape index (κ1) is 14.4. The van der Waals surface area contributed by atoms with Crippen molar-refractivity contribution in [3.05, 3.63) is 0 Å². The largest absolute Gasteiger partial charge is 0.351 e. The third kappa shape index (κ3) is 3.48. The Bertz CT molecular complexity index is 356. The topological polar surface area (TPSA) is 49.4 Å². The molecule has 0 saturated carbocycles. The van der Waals surface area contributed by atoms with Crippen molar-refractivity contribution in [3.63, 3.8) is 0 Å². The molecule has 0 bridgehead atoms. The van der Waals surface area contributed by atoms with Gasteiger partial charge in [-0.05, 0) is 45.4 Å². The van der Waals surface area contributed by atoms with E-state index in [1.165, 1.54) is 6.42 Å². The number of carbonyl (C=O) groups excluding carboxylic acids is 2. The standard InChI is InChI=1S/C15H26N2O2/c1-3-12-6-4-5-11-17(12)14(19)8-10-15(2)9-7-13(18)16-15/h12H,3-11H2,1-2H3,(H,16,18)/t12-,15-/m0/s1. The lowest BCUT2D eigenvalue weighted by atomic mass is 9.93. The Labute approximate surface area is 115 Å². The summed E-state index contributed by atoms with van der Waals surface area (Å²) in [6.45, 7) is 5.13. The molecule has 19 heavy (non-hydrogen) atoms. The van der Waals surface area contributed by atoms with Crippen molar-refractivity contribution in [1.82, 2.24) is 10.2 Å². The Balaban J connectivity index is 1.85. The summed E-state index contributed by atoms with van der Waals surface area (Å²) in [6.07, 6.45) is 7.38. The maximum absolute atomic E-state index is 12.4. The number of nitrogens with zero attached hydrogens (tertiary/aromatic N) is 1. The summed E-state index contributed by atoms with van der Waals surface area (Å²) in [4.78, 5) is 25.7. The van der Waals surface area contributed by atoms with Crippen LogP contribution in [0.5, 0.6) is 0 Å². The number of amides is 2. The summed E-state index contributed by atoms with van der Waals surface area (Å²) >= 11 is 0. The van der Waals surface area contributed by atoms with Gasteiger partial charge in [-0.1, -0.05) is 6.92 Å². The fourth-order valence-corrected chi connectivity index (χ4v) is 3.32. The van der Waals surface area contributed by atoms with Crippen molar-refractivity contribution in [3.8, 4) is 0 Å². The molecule has 0 aromatic rings. The Morgan fingerprint density at radius 1 is 1.47 bits per heavy atom. The van der Waals surface area contributed by atoms with E-state index < -0.39 is 0 Å². The van der Waals surface area contributed by atoms with Gasteiger partial charge in [-0.3, -0.25) is 9.59 Å². The lowest BCUT2D eigenvalue weighted by Gasteiger charge is -2.36. The van der Waals surface area contributed by atoms with E-state index in [2.05, 4.69) is 24.1 Å². The molecule has 2 fully saturated rings. The second-order valence-electron chi connectivity index (χ2n) is 6.25. The lowest BCUT2D eigenvalue weighted by Crippen LogP contribution is -2.45. The summed E-state index contributed by atoms with van der Waals surface area (Å²) in [7, 11) is 0. The third-order valence-corrected chi connectivity index (χ3v) is 4.65. The van der Waals surface area contributed by atoms with Crippen molar-refractivity contribution >= 4 is 11.8 Å². The number of hydrogen-bond acceptors (Lipinski definition) is 2. The SMILES string of the molecule is CC[C@H]1CCCCN1C(=O)CC[C@]1(C)CCC(=O)N1. The van der Waals surface area contributed by atoms with Crippen LogP contribution in [0.25, 0.3) is 0 Å². The molecule has 0 aromatic carbocycles. The van der Waals surface area contributed by atoms with Crippen LogP contribution in [0.2, 0.25) is 0 Å². The molecule has 0 radical (unpaired) electrons. The van der Waals surface area contributed by atoms with Gasteiger partial charge in [0.25, 0.3) is 0 Å². The van der Waals surface area contributed by atoms with Crippen LogP contribution in [0.4, 0.5) is 0 Å². The first-order valence-corrected chi connectivity index (χ1v) is 7.64. The summed E-state index contributed by atoms with van der Waals surface area (Å²) in [5, 5.41) is 3.00. The van der Waals surface area contributed by atoms with Gasteiger partial charge in [0.1, 0.15) is 0 Å². The molecule has 2 aliphatic heterocycles. The lowest BCUT2D eigenvalue weighted by molar-refractivity contribution is -0.135. The van der Waals surface area contributed by atoms with Crippen LogP contribution < -0.4 is 5.32 Å². The number of rotatable bonds is 4. The summed E-state index contributed by atoms with van der Waals surface area (Å²) in [5.74, 6) is 0.397. The number of piperidine rings is 1. The van der Waals surface area contributed by atoms with Crippen LogP contribution in [-0.4, -0.2) is 34.8 Å². The van der Waals surface area contributed by atoms with E-state index in [0.29, 0.717) is 18.9 Å². The van der Waals surface area contributed by atoms with Crippen LogP contribution in [0.15, 0.2) is 0 Å². The summed E-state index contributed by atoms with van der Waals surface area (Å²) < 4.78 is 0. The van der Waals surface area contributed by atoms with Gasteiger partial charge in [0.05, 0.1) is 0 Å². The van der Waals surface area contributed by atoms with Gasteiger partial charge in [-0.15, -0.1) is 0 Å². The highest BCUT2D eigenvalue weighted by Gasteiger charge is 2.34. The molecule has 2 rings (SSSR count). The number of hydrogen-bond donors (Lipinski definition) is 1. The normalized spacial score (nSPS) is 31.4. The first-order chi connectivity index (χ1) is 9.04. The average Bonchev–Trinajstić information content (AvgIpc) is 2.76. The van der Waals surface area contributed by atoms with Crippen molar-refractivity contribution in [2.75, 3.05) is 6.54 Å². The molecule has 0 unspecified atom stereocenters. The zero-order valence-electron chi connectivity index (χ0n) is 12.2. The summed E-state index contributed by atoms with van der Waals surface area (Å²) in [6, 6.07) is 0.437. The van der Waals surface area contributed by atoms with Gasteiger partial charge in [0.15, 0.2) is 0 Å². The molecule has 2 heterocycles. The zero-order chi connectivity index (χ0) is 13.9. The quantitative estimate of drug-likeness (QED) is 0.848. The molecule has 4 nitrogen and oxygen atoms in total. The maximum Gasteiger partial charge on any atom is 0.222 e. The van der Waals surface area contributed by atoms with E-state index in [4.69, 9.17) is 0 Å². The predicted octanol–water partition coefficient (Wildman–Crippen LogP) is 2.23. The highest BCUT2D eigenvalue weighted by molar-refractivity contribution is 5.80. The second kappa shape index (κ2) is 5.93. The van der Waals surface area contributed by atoms with Crippen LogP contribution in [0.1, 0.15) is 65.2 Å². The second-order valence-corrected chi connectivity index (χ2v) is 6.25.